The van der Waals surface area contributed by atoms with Crippen molar-refractivity contribution in [2.45, 2.75) is 24.9 Å². The van der Waals surface area contributed by atoms with Gasteiger partial charge in [0, 0.05) is 16.3 Å². The molecule has 0 bridgehead atoms. The van der Waals surface area contributed by atoms with E-state index >= 15 is 0 Å². The third-order valence-electron chi connectivity index (χ3n) is 4.92. The molecule has 1 fully saturated rings. The number of nitrogens with two attached hydrogens (primary N) is 2. The summed E-state index contributed by atoms with van der Waals surface area (Å²) in [4.78, 5) is 51.6. The van der Waals surface area contributed by atoms with E-state index in [4.69, 9.17) is 16.3 Å². The molecule has 31 heavy (non-hydrogen) atoms. The first-order valence-electron chi connectivity index (χ1n) is 8.96. The van der Waals surface area contributed by atoms with Gasteiger partial charge in [0.1, 0.15) is 24.5 Å². The fourth-order valence-corrected chi connectivity index (χ4v) is 4.77. The molecular weight excluding hydrogens is 446 g/mol. The summed E-state index contributed by atoms with van der Waals surface area (Å²) in [5.41, 5.74) is 12.1. The molecule has 0 radical (unpaired) electrons. The lowest BCUT2D eigenvalue weighted by atomic mass is 9.82. The molecular formula is C17H17N7O5S2. The number of fused-ring (bicyclic) bond motifs is 1. The van der Waals surface area contributed by atoms with E-state index in [-0.39, 0.29) is 22.2 Å². The van der Waals surface area contributed by atoms with Gasteiger partial charge in [-0.15, -0.1) is 22.7 Å². The van der Waals surface area contributed by atoms with Crippen LogP contribution in [0.5, 0.6) is 0 Å². The Morgan fingerprint density at radius 1 is 1.29 bits per heavy atom. The number of hydrogen-bond acceptors (Lipinski definition) is 11. The van der Waals surface area contributed by atoms with Gasteiger partial charge in [0.05, 0.1) is 11.7 Å². The Bertz CT molecular complexity index is 1140. The molecule has 2 aliphatic heterocycles. The quantitative estimate of drug-likeness (QED) is 0.262. The van der Waals surface area contributed by atoms with Gasteiger partial charge >= 0.3 is 5.97 Å². The van der Waals surface area contributed by atoms with Crippen LogP contribution in [-0.4, -0.2) is 62.7 Å². The number of β-lactam (4-membered cyclic amide) rings is 1. The zero-order valence-electron chi connectivity index (χ0n) is 16.1. The number of anilines is 2. The summed E-state index contributed by atoms with van der Waals surface area (Å²) in [7, 11) is 1.27. The van der Waals surface area contributed by atoms with Gasteiger partial charge in [0.2, 0.25) is 0 Å². The summed E-state index contributed by atoms with van der Waals surface area (Å²) < 4.78 is 0. The number of amides is 2. The van der Waals surface area contributed by atoms with E-state index in [1.807, 2.05) is 0 Å². The normalized spacial score (nSPS) is 20.9. The van der Waals surface area contributed by atoms with Crippen LogP contribution in [0.4, 0.5) is 10.3 Å². The molecule has 0 saturated carbocycles. The topological polar surface area (TPSA) is 186 Å². The Kier molecular flexibility index (Phi) is 5.32. The van der Waals surface area contributed by atoms with Crippen LogP contribution in [-0.2, 0) is 19.2 Å². The molecule has 1 saturated heterocycles. The number of oxime groups is 1. The minimum absolute atomic E-state index is 0.134. The third kappa shape index (κ3) is 3.59. The average Bonchev–Trinajstić information content (AvgIpc) is 3.36. The van der Waals surface area contributed by atoms with Gasteiger partial charge in [0.25, 0.3) is 11.8 Å². The highest BCUT2D eigenvalue weighted by molar-refractivity contribution is 7.14. The minimum Gasteiger partial charge on any atom is -0.477 e. The molecule has 6 N–H and O–H groups in total. The van der Waals surface area contributed by atoms with Crippen molar-refractivity contribution in [1.82, 2.24) is 20.2 Å². The summed E-state index contributed by atoms with van der Waals surface area (Å²) in [5.74, 6) is -2.46. The monoisotopic (exact) mass is 463 g/mol. The Morgan fingerprint density at radius 3 is 2.58 bits per heavy atom. The number of aromatic nitrogens is 2. The predicted octanol–water partition coefficient (Wildman–Crippen LogP) is 0.0998. The number of nitrogens with one attached hydrogen (secondary N) is 1. The van der Waals surface area contributed by atoms with Gasteiger partial charge in [-0.2, -0.15) is 0 Å². The molecule has 0 aromatic carbocycles. The van der Waals surface area contributed by atoms with Gasteiger partial charge < -0.3 is 26.7 Å². The molecule has 0 unspecified atom stereocenters. The molecule has 2 aromatic heterocycles. The third-order valence-corrected chi connectivity index (χ3v) is 6.27. The van der Waals surface area contributed by atoms with E-state index in [9.17, 15) is 19.5 Å². The van der Waals surface area contributed by atoms with Crippen molar-refractivity contribution < 1.29 is 24.3 Å². The smallest absolute Gasteiger partial charge is 0.352 e. The maximum atomic E-state index is 12.8. The van der Waals surface area contributed by atoms with Crippen molar-refractivity contribution in [3.05, 3.63) is 27.8 Å². The molecule has 12 nitrogen and oxygen atoms in total. The second-order valence-electron chi connectivity index (χ2n) is 6.66. The number of carboxylic acids is 1. The summed E-state index contributed by atoms with van der Waals surface area (Å²) in [5, 5.41) is 19.8. The number of aliphatic carboxylic acids is 1. The van der Waals surface area contributed by atoms with Crippen molar-refractivity contribution in [2.75, 3.05) is 18.6 Å². The summed E-state index contributed by atoms with van der Waals surface area (Å²) in [6, 6.07) is -1.41. The lowest BCUT2D eigenvalue weighted by Crippen LogP contribution is -2.72. The highest BCUT2D eigenvalue weighted by Crippen LogP contribution is 2.40. The standard InChI is InChI=1S/C17H17N7O5S2/c1-29-23-10(8-5-31-17(19)21-8)13(25)22-11-9-3-2-6(7-4-30-16(18)20-7)12(15(27)28)24(9)14(11)26/h4-5,9,11H,2-3H2,1H3,(H2,18,20)(H2,19,21)(H,22,25)(H,27,28)/b23-10+/t9-,11+/m1/s1. The molecule has 4 rings (SSSR count). The van der Waals surface area contributed by atoms with Crippen molar-refractivity contribution in [3.8, 4) is 0 Å². The van der Waals surface area contributed by atoms with Crippen LogP contribution in [0.3, 0.4) is 0 Å². The first kappa shape index (κ1) is 20.7. The van der Waals surface area contributed by atoms with Crippen LogP contribution in [0.25, 0.3) is 5.57 Å². The molecule has 0 aliphatic carbocycles. The number of rotatable bonds is 6. The van der Waals surface area contributed by atoms with Crippen LogP contribution in [0.1, 0.15) is 24.2 Å². The van der Waals surface area contributed by atoms with Crippen LogP contribution in [0, 0.1) is 0 Å². The molecule has 2 aromatic rings. The minimum atomic E-state index is -1.25. The second kappa shape index (κ2) is 7.96. The Hall–Kier alpha value is -3.52. The van der Waals surface area contributed by atoms with Crippen LogP contribution < -0.4 is 16.8 Å². The fourth-order valence-electron chi connectivity index (χ4n) is 3.64. The van der Waals surface area contributed by atoms with Gasteiger partial charge in [-0.05, 0) is 12.8 Å². The van der Waals surface area contributed by atoms with Gasteiger partial charge in [-0.1, -0.05) is 5.16 Å². The number of carbonyl (C=O) groups excluding carboxylic acids is 2. The van der Waals surface area contributed by atoms with Crippen LogP contribution in [0.2, 0.25) is 0 Å². The number of hydrogen-bond donors (Lipinski definition) is 4. The lowest BCUT2D eigenvalue weighted by Gasteiger charge is -2.50. The van der Waals surface area contributed by atoms with Crippen molar-refractivity contribution in [1.29, 1.82) is 0 Å². The lowest BCUT2D eigenvalue weighted by molar-refractivity contribution is -0.154. The Balaban J connectivity index is 1.57. The molecule has 2 amide bonds. The van der Waals surface area contributed by atoms with Gasteiger partial charge in [0.15, 0.2) is 16.0 Å². The van der Waals surface area contributed by atoms with E-state index in [2.05, 4.69) is 20.4 Å². The largest absolute Gasteiger partial charge is 0.477 e. The SMILES string of the molecule is CO/N=C(/C(=O)N[C@@H]1C(=O)N2C(C(=O)O)=C(c3csc(N)n3)CC[C@H]12)c1csc(N)n1. The zero-order valence-corrected chi connectivity index (χ0v) is 17.7. The number of carbonyl (C=O) groups is 3. The van der Waals surface area contributed by atoms with Gasteiger partial charge in [-0.25, -0.2) is 14.8 Å². The predicted molar refractivity (Wildman–Crippen MR) is 113 cm³/mol. The van der Waals surface area contributed by atoms with E-state index in [0.29, 0.717) is 29.2 Å². The van der Waals surface area contributed by atoms with Crippen LogP contribution >= 0.6 is 22.7 Å². The second-order valence-corrected chi connectivity index (χ2v) is 8.44. The number of nitrogens with zero attached hydrogens (tertiary/aromatic N) is 4. The average molecular weight is 464 g/mol. The number of allylic oxidation sites excluding steroid dienone is 1. The molecule has 4 heterocycles. The van der Waals surface area contributed by atoms with Crippen molar-refractivity contribution in [2.24, 2.45) is 5.16 Å². The first-order chi connectivity index (χ1) is 14.8. The summed E-state index contributed by atoms with van der Waals surface area (Å²) >= 11 is 2.32. The molecule has 162 valence electrons. The van der Waals surface area contributed by atoms with E-state index in [1.54, 1.807) is 10.8 Å². The Morgan fingerprint density at radius 2 is 2.00 bits per heavy atom. The fraction of sp³-hybridized carbons (Fsp3) is 0.294. The van der Waals surface area contributed by atoms with Crippen molar-refractivity contribution >= 4 is 62.0 Å². The molecule has 2 atom stereocenters. The number of nitrogen functional groups attached to an aromatic ring is 2. The maximum Gasteiger partial charge on any atom is 0.352 e. The molecule has 0 spiro atoms. The first-order valence-corrected chi connectivity index (χ1v) is 10.7. The Labute approximate surface area is 183 Å². The van der Waals surface area contributed by atoms with E-state index in [0.717, 1.165) is 11.3 Å². The van der Waals surface area contributed by atoms with Crippen molar-refractivity contribution in [3.63, 3.8) is 0 Å². The highest BCUT2D eigenvalue weighted by Gasteiger charge is 2.54. The number of carboxylic acid groups (broad SMARTS) is 1. The van der Waals surface area contributed by atoms with E-state index in [1.165, 1.54) is 23.3 Å². The van der Waals surface area contributed by atoms with Crippen LogP contribution in [0.15, 0.2) is 21.6 Å². The zero-order chi connectivity index (χ0) is 22.3. The summed E-state index contributed by atoms with van der Waals surface area (Å²) in [6.45, 7) is 0. The number of thiazole rings is 2. The van der Waals surface area contributed by atoms with E-state index < -0.39 is 29.9 Å². The summed E-state index contributed by atoms with van der Waals surface area (Å²) in [6.07, 6.45) is 0.813. The highest BCUT2D eigenvalue weighted by atomic mass is 32.1. The molecule has 14 heteroatoms. The van der Waals surface area contributed by atoms with Gasteiger partial charge in [-0.3, -0.25) is 14.5 Å². The maximum absolute atomic E-state index is 12.8. The molecule has 2 aliphatic rings.